The number of rotatable bonds is 2. The number of nitrogens with zero attached hydrogens (tertiary/aromatic N) is 2. The lowest BCUT2D eigenvalue weighted by atomic mass is 10.3. The Kier molecular flexibility index (Phi) is 2.34. The molecular formula is C11H14FN3. The van der Waals surface area contributed by atoms with Gasteiger partial charge in [-0.25, -0.2) is 9.37 Å². The molecule has 0 atom stereocenters. The molecule has 4 heteroatoms. The fraction of sp³-hybridized carbons (Fsp3) is 0.364. The van der Waals surface area contributed by atoms with Gasteiger partial charge in [0.1, 0.15) is 5.82 Å². The number of imidazole rings is 1. The highest BCUT2D eigenvalue weighted by molar-refractivity contribution is 5.56. The fourth-order valence-electron chi connectivity index (χ4n) is 1.79. The number of hydrogen-bond donors (Lipinski definition) is 1. The minimum atomic E-state index is -0.272. The molecular weight excluding hydrogens is 193 g/mol. The van der Waals surface area contributed by atoms with Crippen molar-refractivity contribution in [3.8, 4) is 0 Å². The summed E-state index contributed by atoms with van der Waals surface area (Å²) in [5, 5.41) is 3.06. The average molecular weight is 207 g/mol. The SMILES string of the molecule is CCc1nc2c(F)cc(C)cn2c1NC. The van der Waals surface area contributed by atoms with Crippen LogP contribution < -0.4 is 5.32 Å². The largest absolute Gasteiger partial charge is 0.373 e. The Bertz CT molecular complexity index is 502. The van der Waals surface area contributed by atoms with E-state index in [9.17, 15) is 4.39 Å². The van der Waals surface area contributed by atoms with E-state index in [1.807, 2.05) is 27.1 Å². The zero-order valence-corrected chi connectivity index (χ0v) is 9.13. The number of pyridine rings is 1. The summed E-state index contributed by atoms with van der Waals surface area (Å²) in [4.78, 5) is 4.27. The third-order valence-electron chi connectivity index (χ3n) is 2.46. The van der Waals surface area contributed by atoms with Gasteiger partial charge in [0.15, 0.2) is 11.5 Å². The molecule has 0 radical (unpaired) electrons. The predicted octanol–water partition coefficient (Wildman–Crippen LogP) is 2.39. The molecule has 0 amide bonds. The Morgan fingerprint density at radius 1 is 1.53 bits per heavy atom. The number of aromatic nitrogens is 2. The highest BCUT2D eigenvalue weighted by Gasteiger charge is 2.12. The van der Waals surface area contributed by atoms with E-state index >= 15 is 0 Å². The molecule has 15 heavy (non-hydrogen) atoms. The molecule has 0 saturated heterocycles. The minimum absolute atomic E-state index is 0.272. The van der Waals surface area contributed by atoms with Gasteiger partial charge in [-0.2, -0.15) is 0 Å². The first-order valence-electron chi connectivity index (χ1n) is 5.02. The smallest absolute Gasteiger partial charge is 0.175 e. The number of anilines is 1. The van der Waals surface area contributed by atoms with Crippen LogP contribution in [0.15, 0.2) is 12.3 Å². The quantitative estimate of drug-likeness (QED) is 0.819. The van der Waals surface area contributed by atoms with Gasteiger partial charge >= 0.3 is 0 Å². The van der Waals surface area contributed by atoms with Crippen molar-refractivity contribution in [2.45, 2.75) is 20.3 Å². The molecule has 2 rings (SSSR count). The van der Waals surface area contributed by atoms with Crippen molar-refractivity contribution >= 4 is 11.5 Å². The molecule has 0 aliphatic rings. The molecule has 0 unspecified atom stereocenters. The van der Waals surface area contributed by atoms with Crippen LogP contribution in [0.2, 0.25) is 0 Å². The topological polar surface area (TPSA) is 29.3 Å². The third kappa shape index (κ3) is 1.46. The van der Waals surface area contributed by atoms with Crippen molar-refractivity contribution in [1.29, 1.82) is 0 Å². The van der Waals surface area contributed by atoms with E-state index in [1.54, 1.807) is 4.40 Å². The first kappa shape index (κ1) is 9.96. The van der Waals surface area contributed by atoms with Crippen LogP contribution in [0.1, 0.15) is 18.2 Å². The van der Waals surface area contributed by atoms with Gasteiger partial charge in [-0.15, -0.1) is 0 Å². The van der Waals surface area contributed by atoms with Gasteiger partial charge in [0.05, 0.1) is 5.69 Å². The number of halogens is 1. The van der Waals surface area contributed by atoms with Crippen LogP contribution in [-0.4, -0.2) is 16.4 Å². The van der Waals surface area contributed by atoms with Crippen molar-refractivity contribution in [3.63, 3.8) is 0 Å². The summed E-state index contributed by atoms with van der Waals surface area (Å²) < 4.78 is 15.4. The van der Waals surface area contributed by atoms with Crippen LogP contribution in [0.5, 0.6) is 0 Å². The summed E-state index contributed by atoms with van der Waals surface area (Å²) in [7, 11) is 1.82. The molecule has 80 valence electrons. The first-order valence-corrected chi connectivity index (χ1v) is 5.02. The second-order valence-electron chi connectivity index (χ2n) is 3.57. The van der Waals surface area contributed by atoms with Crippen LogP contribution in [0.25, 0.3) is 5.65 Å². The van der Waals surface area contributed by atoms with Crippen molar-refractivity contribution < 1.29 is 4.39 Å². The van der Waals surface area contributed by atoms with Crippen LogP contribution in [-0.2, 0) is 6.42 Å². The van der Waals surface area contributed by atoms with Gasteiger partial charge in [-0.05, 0) is 25.0 Å². The zero-order valence-electron chi connectivity index (χ0n) is 9.13. The van der Waals surface area contributed by atoms with Gasteiger partial charge in [-0.1, -0.05) is 6.92 Å². The normalized spacial score (nSPS) is 10.9. The Morgan fingerprint density at radius 2 is 2.27 bits per heavy atom. The van der Waals surface area contributed by atoms with E-state index in [1.165, 1.54) is 6.07 Å². The lowest BCUT2D eigenvalue weighted by Crippen LogP contribution is -1.98. The monoisotopic (exact) mass is 207 g/mol. The van der Waals surface area contributed by atoms with Gasteiger partial charge in [0, 0.05) is 13.2 Å². The number of hydrogen-bond acceptors (Lipinski definition) is 2. The lowest BCUT2D eigenvalue weighted by molar-refractivity contribution is 0.628. The van der Waals surface area contributed by atoms with Gasteiger partial charge < -0.3 is 5.32 Å². The van der Waals surface area contributed by atoms with Crippen molar-refractivity contribution in [1.82, 2.24) is 9.38 Å². The summed E-state index contributed by atoms with van der Waals surface area (Å²) in [6.07, 6.45) is 2.67. The maximum absolute atomic E-state index is 13.6. The summed E-state index contributed by atoms with van der Waals surface area (Å²) in [5.41, 5.74) is 2.17. The number of fused-ring (bicyclic) bond motifs is 1. The van der Waals surface area contributed by atoms with Crippen LogP contribution in [0.3, 0.4) is 0 Å². The second kappa shape index (κ2) is 3.53. The standard InChI is InChI=1S/C11H14FN3/c1-4-9-11(13-3)15-6-7(2)5-8(12)10(15)14-9/h5-6,13H,4H2,1-3H3. The minimum Gasteiger partial charge on any atom is -0.373 e. The summed E-state index contributed by atoms with van der Waals surface area (Å²) >= 11 is 0. The fourth-order valence-corrected chi connectivity index (χ4v) is 1.79. The third-order valence-corrected chi connectivity index (χ3v) is 2.46. The average Bonchev–Trinajstić information content (AvgIpc) is 2.55. The molecule has 0 aliphatic heterocycles. The Morgan fingerprint density at radius 3 is 2.87 bits per heavy atom. The molecule has 0 aromatic carbocycles. The lowest BCUT2D eigenvalue weighted by Gasteiger charge is -2.03. The van der Waals surface area contributed by atoms with Gasteiger partial charge in [0.2, 0.25) is 0 Å². The first-order chi connectivity index (χ1) is 7.17. The number of nitrogens with one attached hydrogen (secondary N) is 1. The number of aryl methyl sites for hydroxylation is 2. The summed E-state index contributed by atoms with van der Waals surface area (Å²) in [5.74, 6) is 0.598. The molecule has 2 aromatic rings. The van der Waals surface area contributed by atoms with Crippen LogP contribution >= 0.6 is 0 Å². The van der Waals surface area contributed by atoms with Crippen LogP contribution in [0, 0.1) is 12.7 Å². The van der Waals surface area contributed by atoms with E-state index in [0.29, 0.717) is 5.65 Å². The molecule has 2 heterocycles. The maximum atomic E-state index is 13.6. The van der Waals surface area contributed by atoms with Gasteiger partial charge in [0.25, 0.3) is 0 Å². The predicted molar refractivity (Wildman–Crippen MR) is 58.8 cm³/mol. The van der Waals surface area contributed by atoms with Crippen molar-refractivity contribution in [3.05, 3.63) is 29.3 Å². The molecule has 0 aliphatic carbocycles. The van der Waals surface area contributed by atoms with Gasteiger partial charge in [-0.3, -0.25) is 4.40 Å². The Balaban J connectivity index is 2.82. The maximum Gasteiger partial charge on any atom is 0.175 e. The summed E-state index contributed by atoms with van der Waals surface area (Å²) in [6, 6.07) is 1.50. The van der Waals surface area contributed by atoms with E-state index in [-0.39, 0.29) is 5.82 Å². The molecule has 0 fully saturated rings. The van der Waals surface area contributed by atoms with E-state index in [4.69, 9.17) is 0 Å². The molecule has 0 bridgehead atoms. The molecule has 1 N–H and O–H groups in total. The van der Waals surface area contributed by atoms with E-state index < -0.39 is 0 Å². The molecule has 2 aromatic heterocycles. The van der Waals surface area contributed by atoms with Crippen molar-refractivity contribution in [2.24, 2.45) is 0 Å². The molecule has 3 nitrogen and oxygen atoms in total. The second-order valence-corrected chi connectivity index (χ2v) is 3.57. The Hall–Kier alpha value is -1.58. The van der Waals surface area contributed by atoms with Crippen molar-refractivity contribution in [2.75, 3.05) is 12.4 Å². The summed E-state index contributed by atoms with van der Waals surface area (Å²) in [6.45, 7) is 3.88. The molecule has 0 saturated carbocycles. The van der Waals surface area contributed by atoms with Crippen LogP contribution in [0.4, 0.5) is 10.2 Å². The van der Waals surface area contributed by atoms with E-state index in [2.05, 4.69) is 10.3 Å². The van der Waals surface area contributed by atoms with E-state index in [0.717, 1.165) is 23.5 Å². The highest BCUT2D eigenvalue weighted by Crippen LogP contribution is 2.21. The highest BCUT2D eigenvalue weighted by atomic mass is 19.1. The molecule has 0 spiro atoms. The Labute approximate surface area is 87.9 Å². The zero-order chi connectivity index (χ0) is 11.0.